The van der Waals surface area contributed by atoms with Crippen molar-refractivity contribution in [2.75, 3.05) is 20.3 Å². The van der Waals surface area contributed by atoms with Gasteiger partial charge in [0.25, 0.3) is 0 Å². The van der Waals surface area contributed by atoms with Crippen molar-refractivity contribution in [2.24, 2.45) is 5.73 Å². The largest absolute Gasteiger partial charge is 0.381 e. The summed E-state index contributed by atoms with van der Waals surface area (Å²) in [6.45, 7) is 1.48. The summed E-state index contributed by atoms with van der Waals surface area (Å²) in [5.41, 5.74) is 6.25. The van der Waals surface area contributed by atoms with Gasteiger partial charge in [-0.15, -0.1) is 0 Å². The molecule has 0 bridgehead atoms. The molecule has 1 amide bonds. The highest BCUT2D eigenvalue weighted by Crippen LogP contribution is 2.23. The number of hydrogen-bond acceptors (Lipinski definition) is 3. The fourth-order valence-corrected chi connectivity index (χ4v) is 2.95. The predicted octanol–water partition coefficient (Wildman–Crippen LogP) is 2.46. The first kappa shape index (κ1) is 15.6. The van der Waals surface area contributed by atoms with E-state index < -0.39 is 5.54 Å². The zero-order valence-electron chi connectivity index (χ0n) is 11.4. The maximum Gasteiger partial charge on any atom is 0.242 e. The Morgan fingerprint density at radius 3 is 2.40 bits per heavy atom. The molecule has 20 heavy (non-hydrogen) atoms. The quantitative estimate of drug-likeness (QED) is 0.932. The summed E-state index contributed by atoms with van der Waals surface area (Å²) in [5, 5.41) is 1.11. The molecule has 1 fully saturated rings. The Hall–Kier alpha value is -0.810. The average molecular weight is 317 g/mol. The third kappa shape index (κ3) is 3.64. The zero-order chi connectivity index (χ0) is 14.8. The summed E-state index contributed by atoms with van der Waals surface area (Å²) in [7, 11) is 1.74. The van der Waals surface area contributed by atoms with Gasteiger partial charge >= 0.3 is 0 Å². The molecule has 110 valence electrons. The monoisotopic (exact) mass is 316 g/mol. The minimum Gasteiger partial charge on any atom is -0.381 e. The molecule has 0 spiro atoms. The van der Waals surface area contributed by atoms with E-state index in [0.29, 0.717) is 42.6 Å². The van der Waals surface area contributed by atoms with E-state index in [1.165, 1.54) is 0 Å². The molecule has 0 radical (unpaired) electrons. The first-order valence-corrected chi connectivity index (χ1v) is 7.23. The third-order valence-corrected chi connectivity index (χ3v) is 3.94. The molecule has 0 saturated carbocycles. The Balaban J connectivity index is 2.07. The van der Waals surface area contributed by atoms with Crippen LogP contribution in [0.4, 0.5) is 0 Å². The summed E-state index contributed by atoms with van der Waals surface area (Å²) >= 11 is 11.9. The summed E-state index contributed by atoms with van der Waals surface area (Å²) in [6, 6.07) is 5.26. The van der Waals surface area contributed by atoms with Crippen LogP contribution in [-0.2, 0) is 16.1 Å². The lowest BCUT2D eigenvalue weighted by Crippen LogP contribution is -2.57. The van der Waals surface area contributed by atoms with E-state index in [4.69, 9.17) is 33.7 Å². The molecular weight excluding hydrogens is 299 g/mol. The molecule has 0 aromatic heterocycles. The highest BCUT2D eigenvalue weighted by molar-refractivity contribution is 6.34. The number of carbonyl (C=O) groups is 1. The maximum atomic E-state index is 12.5. The lowest BCUT2D eigenvalue weighted by molar-refractivity contribution is -0.139. The van der Waals surface area contributed by atoms with E-state index in [9.17, 15) is 4.79 Å². The fraction of sp³-hybridized carbons (Fsp3) is 0.500. The van der Waals surface area contributed by atoms with Crippen molar-refractivity contribution in [2.45, 2.75) is 24.9 Å². The normalized spacial score (nSPS) is 17.8. The summed E-state index contributed by atoms with van der Waals surface area (Å²) in [5.74, 6) is -0.0723. The number of halogens is 2. The van der Waals surface area contributed by atoms with E-state index in [-0.39, 0.29) is 5.91 Å². The fourth-order valence-electron chi connectivity index (χ4n) is 2.38. The zero-order valence-corrected chi connectivity index (χ0v) is 12.9. The number of carbonyl (C=O) groups excluding carboxylic acids is 1. The molecular formula is C14H18Cl2N2O2. The van der Waals surface area contributed by atoms with Crippen LogP contribution in [0.15, 0.2) is 18.2 Å². The van der Waals surface area contributed by atoms with Crippen LogP contribution >= 0.6 is 23.2 Å². The molecule has 1 aromatic rings. The van der Waals surface area contributed by atoms with Crippen LogP contribution in [0.3, 0.4) is 0 Å². The van der Waals surface area contributed by atoms with Gasteiger partial charge in [-0.2, -0.15) is 0 Å². The third-order valence-electron chi connectivity index (χ3n) is 3.50. The molecule has 4 nitrogen and oxygen atoms in total. The summed E-state index contributed by atoms with van der Waals surface area (Å²) in [6.07, 6.45) is 1.10. The molecule has 0 unspecified atom stereocenters. The first-order valence-electron chi connectivity index (χ1n) is 6.48. The van der Waals surface area contributed by atoms with E-state index in [0.717, 1.165) is 5.56 Å². The smallest absolute Gasteiger partial charge is 0.242 e. The number of benzene rings is 1. The van der Waals surface area contributed by atoms with Crippen molar-refractivity contribution in [1.29, 1.82) is 0 Å². The number of ether oxygens (including phenoxy) is 1. The van der Waals surface area contributed by atoms with E-state index in [1.54, 1.807) is 30.1 Å². The van der Waals surface area contributed by atoms with Crippen LogP contribution < -0.4 is 5.73 Å². The Kier molecular flexibility index (Phi) is 4.91. The summed E-state index contributed by atoms with van der Waals surface area (Å²) < 4.78 is 5.26. The Morgan fingerprint density at radius 2 is 1.85 bits per heavy atom. The molecule has 6 heteroatoms. The van der Waals surface area contributed by atoms with Crippen molar-refractivity contribution in [3.05, 3.63) is 33.8 Å². The van der Waals surface area contributed by atoms with Gasteiger partial charge in [-0.05, 0) is 36.6 Å². The first-order chi connectivity index (χ1) is 9.40. The van der Waals surface area contributed by atoms with Crippen molar-refractivity contribution in [1.82, 2.24) is 4.90 Å². The van der Waals surface area contributed by atoms with Gasteiger partial charge < -0.3 is 15.4 Å². The number of rotatable bonds is 3. The van der Waals surface area contributed by atoms with Gasteiger partial charge in [-0.25, -0.2) is 0 Å². The van der Waals surface area contributed by atoms with E-state index >= 15 is 0 Å². The second kappa shape index (κ2) is 6.31. The van der Waals surface area contributed by atoms with Crippen LogP contribution in [0.25, 0.3) is 0 Å². The van der Waals surface area contributed by atoms with E-state index in [2.05, 4.69) is 0 Å². The molecule has 1 aliphatic heterocycles. The second-order valence-corrected chi connectivity index (χ2v) is 6.08. The van der Waals surface area contributed by atoms with E-state index in [1.807, 2.05) is 0 Å². The standard InChI is InChI=1S/C14H18Cl2N2O2/c1-18(9-10-6-11(15)8-12(16)7-10)13(19)14(17)2-4-20-5-3-14/h6-8H,2-5,9,17H2,1H3. The molecule has 1 saturated heterocycles. The Bertz CT molecular complexity index is 482. The second-order valence-electron chi connectivity index (χ2n) is 5.21. The van der Waals surface area contributed by atoms with Crippen molar-refractivity contribution in [3.63, 3.8) is 0 Å². The highest BCUT2D eigenvalue weighted by atomic mass is 35.5. The van der Waals surface area contributed by atoms with Gasteiger partial charge in [0.15, 0.2) is 0 Å². The van der Waals surface area contributed by atoms with Gasteiger partial charge in [0.05, 0.1) is 5.54 Å². The minimum atomic E-state index is -0.824. The van der Waals surface area contributed by atoms with Crippen LogP contribution in [0, 0.1) is 0 Å². The van der Waals surface area contributed by atoms with Crippen LogP contribution in [-0.4, -0.2) is 36.6 Å². The molecule has 0 atom stereocenters. The Labute approximate surface area is 128 Å². The number of amides is 1. The molecule has 2 N–H and O–H groups in total. The predicted molar refractivity (Wildman–Crippen MR) is 79.9 cm³/mol. The maximum absolute atomic E-state index is 12.5. The van der Waals surface area contributed by atoms with Crippen LogP contribution in [0.2, 0.25) is 10.0 Å². The van der Waals surface area contributed by atoms with Crippen molar-refractivity contribution in [3.8, 4) is 0 Å². The number of nitrogens with two attached hydrogens (primary N) is 1. The van der Waals surface area contributed by atoms with Gasteiger partial charge in [0, 0.05) is 36.9 Å². The Morgan fingerprint density at radius 1 is 1.30 bits per heavy atom. The number of nitrogens with zero attached hydrogens (tertiary/aromatic N) is 1. The van der Waals surface area contributed by atoms with Gasteiger partial charge in [-0.3, -0.25) is 4.79 Å². The molecule has 1 aromatic carbocycles. The number of likely N-dealkylation sites (N-methyl/N-ethyl adjacent to an activating group) is 1. The van der Waals surface area contributed by atoms with Gasteiger partial charge in [0.2, 0.25) is 5.91 Å². The topological polar surface area (TPSA) is 55.6 Å². The lowest BCUT2D eigenvalue weighted by atomic mass is 9.89. The molecule has 2 rings (SSSR count). The highest BCUT2D eigenvalue weighted by Gasteiger charge is 2.37. The SMILES string of the molecule is CN(Cc1cc(Cl)cc(Cl)c1)C(=O)C1(N)CCOCC1. The number of hydrogen-bond donors (Lipinski definition) is 1. The molecule has 1 heterocycles. The summed E-state index contributed by atoms with van der Waals surface area (Å²) in [4.78, 5) is 14.1. The molecule has 0 aliphatic carbocycles. The van der Waals surface area contributed by atoms with Crippen LogP contribution in [0.1, 0.15) is 18.4 Å². The molecule has 1 aliphatic rings. The minimum absolute atomic E-state index is 0.0723. The van der Waals surface area contributed by atoms with Gasteiger partial charge in [0.1, 0.15) is 0 Å². The van der Waals surface area contributed by atoms with Crippen molar-refractivity contribution < 1.29 is 9.53 Å². The van der Waals surface area contributed by atoms with Gasteiger partial charge in [-0.1, -0.05) is 23.2 Å². The van der Waals surface area contributed by atoms with Crippen molar-refractivity contribution >= 4 is 29.1 Å². The lowest BCUT2D eigenvalue weighted by Gasteiger charge is -2.35. The van der Waals surface area contributed by atoms with Crippen LogP contribution in [0.5, 0.6) is 0 Å². The average Bonchev–Trinajstić information content (AvgIpc) is 2.37.